The van der Waals surface area contributed by atoms with Crippen LogP contribution in [0.5, 0.6) is 0 Å². The fourth-order valence-corrected chi connectivity index (χ4v) is 0.612. The Bertz CT molecular complexity index is 148. The standard InChI is InChI=1S/C7H11NO2/c1-3-4-7(5-8)10-6(2)9/h7H,3-4H2,1-2H3. The van der Waals surface area contributed by atoms with Crippen LogP contribution in [-0.2, 0) is 9.53 Å². The summed E-state index contributed by atoms with van der Waals surface area (Å²) in [6.45, 7) is 3.24. The van der Waals surface area contributed by atoms with Crippen LogP contribution >= 0.6 is 0 Å². The van der Waals surface area contributed by atoms with E-state index in [4.69, 9.17) is 5.26 Å². The average molecular weight is 141 g/mol. The first-order valence-electron chi connectivity index (χ1n) is 3.27. The van der Waals surface area contributed by atoms with Crippen LogP contribution in [0.1, 0.15) is 26.7 Å². The summed E-state index contributed by atoms with van der Waals surface area (Å²) in [5.41, 5.74) is 0. The summed E-state index contributed by atoms with van der Waals surface area (Å²) in [6, 6.07) is 1.89. The number of hydrogen-bond acceptors (Lipinski definition) is 3. The molecule has 0 fully saturated rings. The van der Waals surface area contributed by atoms with Gasteiger partial charge in [0.25, 0.3) is 0 Å². The zero-order valence-corrected chi connectivity index (χ0v) is 6.26. The molecule has 0 amide bonds. The maximum Gasteiger partial charge on any atom is 0.303 e. The summed E-state index contributed by atoms with van der Waals surface area (Å²) in [5.74, 6) is -0.389. The third-order valence-corrected chi connectivity index (χ3v) is 1.00. The van der Waals surface area contributed by atoms with Crippen molar-refractivity contribution in [2.45, 2.75) is 32.8 Å². The minimum absolute atomic E-state index is 0.389. The van der Waals surface area contributed by atoms with Crippen molar-refractivity contribution in [3.63, 3.8) is 0 Å². The highest BCUT2D eigenvalue weighted by Crippen LogP contribution is 2.00. The van der Waals surface area contributed by atoms with E-state index in [9.17, 15) is 4.79 Å². The van der Waals surface area contributed by atoms with E-state index in [0.717, 1.165) is 6.42 Å². The summed E-state index contributed by atoms with van der Waals surface area (Å²) in [7, 11) is 0. The van der Waals surface area contributed by atoms with E-state index in [0.29, 0.717) is 6.42 Å². The van der Waals surface area contributed by atoms with Gasteiger partial charge in [-0.2, -0.15) is 5.26 Å². The van der Waals surface area contributed by atoms with Crippen molar-refractivity contribution in [1.29, 1.82) is 5.26 Å². The van der Waals surface area contributed by atoms with Crippen molar-refractivity contribution in [3.05, 3.63) is 0 Å². The van der Waals surface area contributed by atoms with E-state index >= 15 is 0 Å². The van der Waals surface area contributed by atoms with Gasteiger partial charge >= 0.3 is 5.97 Å². The highest BCUT2D eigenvalue weighted by molar-refractivity contribution is 5.66. The third-order valence-electron chi connectivity index (χ3n) is 1.00. The Kier molecular flexibility index (Phi) is 4.30. The van der Waals surface area contributed by atoms with Crippen LogP contribution in [0.4, 0.5) is 0 Å². The largest absolute Gasteiger partial charge is 0.447 e. The van der Waals surface area contributed by atoms with Crippen LogP contribution in [0.3, 0.4) is 0 Å². The van der Waals surface area contributed by atoms with Gasteiger partial charge in [0, 0.05) is 6.92 Å². The van der Waals surface area contributed by atoms with Crippen LogP contribution in [0.25, 0.3) is 0 Å². The molecule has 0 radical (unpaired) electrons. The summed E-state index contributed by atoms with van der Waals surface area (Å²) in [5, 5.41) is 8.38. The molecule has 3 heteroatoms. The van der Waals surface area contributed by atoms with Crippen LogP contribution in [-0.4, -0.2) is 12.1 Å². The summed E-state index contributed by atoms with van der Waals surface area (Å²) in [4.78, 5) is 10.3. The van der Waals surface area contributed by atoms with Gasteiger partial charge in [0.2, 0.25) is 0 Å². The molecule has 0 rings (SSSR count). The molecule has 0 aromatic rings. The molecule has 0 spiro atoms. The molecule has 0 bridgehead atoms. The molecule has 0 aliphatic carbocycles. The number of carbonyl (C=O) groups excluding carboxylic acids is 1. The lowest BCUT2D eigenvalue weighted by atomic mass is 10.2. The average Bonchev–Trinajstić information content (AvgIpc) is 1.86. The smallest absolute Gasteiger partial charge is 0.303 e. The number of hydrogen-bond donors (Lipinski definition) is 0. The molecule has 0 saturated heterocycles. The maximum absolute atomic E-state index is 10.3. The van der Waals surface area contributed by atoms with Gasteiger partial charge in [-0.25, -0.2) is 0 Å². The number of carbonyl (C=O) groups is 1. The monoisotopic (exact) mass is 141 g/mol. The van der Waals surface area contributed by atoms with Gasteiger partial charge in [-0.05, 0) is 6.42 Å². The molecule has 0 aromatic carbocycles. The van der Waals surface area contributed by atoms with Gasteiger partial charge in [-0.15, -0.1) is 0 Å². The summed E-state index contributed by atoms with van der Waals surface area (Å²) < 4.78 is 4.64. The van der Waals surface area contributed by atoms with Gasteiger partial charge < -0.3 is 4.74 Å². The molecule has 56 valence electrons. The topological polar surface area (TPSA) is 50.1 Å². The second kappa shape index (κ2) is 4.80. The fourth-order valence-electron chi connectivity index (χ4n) is 0.612. The Morgan fingerprint density at radius 1 is 1.80 bits per heavy atom. The Morgan fingerprint density at radius 3 is 2.70 bits per heavy atom. The molecule has 0 aliphatic heterocycles. The Labute approximate surface area is 60.6 Å². The number of nitriles is 1. The summed E-state index contributed by atoms with van der Waals surface area (Å²) >= 11 is 0. The first kappa shape index (κ1) is 8.96. The quantitative estimate of drug-likeness (QED) is 0.555. The van der Waals surface area contributed by atoms with Gasteiger partial charge in [-0.3, -0.25) is 4.79 Å². The lowest BCUT2D eigenvalue weighted by molar-refractivity contribution is -0.144. The van der Waals surface area contributed by atoms with Gasteiger partial charge in [-0.1, -0.05) is 13.3 Å². The highest BCUT2D eigenvalue weighted by Gasteiger charge is 2.07. The van der Waals surface area contributed by atoms with Crippen molar-refractivity contribution >= 4 is 5.97 Å². The molecule has 0 saturated carbocycles. The molecule has 0 aliphatic rings. The zero-order chi connectivity index (χ0) is 7.98. The molecular weight excluding hydrogens is 130 g/mol. The van der Waals surface area contributed by atoms with E-state index in [1.54, 1.807) is 0 Å². The molecular formula is C7H11NO2. The zero-order valence-electron chi connectivity index (χ0n) is 6.26. The molecule has 0 heterocycles. The van der Waals surface area contributed by atoms with Crippen molar-refractivity contribution in [3.8, 4) is 6.07 Å². The predicted molar refractivity (Wildman–Crippen MR) is 36.1 cm³/mol. The van der Waals surface area contributed by atoms with Gasteiger partial charge in [0.15, 0.2) is 6.10 Å². The molecule has 10 heavy (non-hydrogen) atoms. The number of rotatable bonds is 3. The maximum atomic E-state index is 10.3. The minimum atomic E-state index is -0.553. The molecule has 0 N–H and O–H groups in total. The normalized spacial score (nSPS) is 11.7. The highest BCUT2D eigenvalue weighted by atomic mass is 16.5. The van der Waals surface area contributed by atoms with E-state index < -0.39 is 6.10 Å². The van der Waals surface area contributed by atoms with Gasteiger partial charge in [0.05, 0.1) is 0 Å². The number of ether oxygens (including phenoxy) is 1. The Morgan fingerprint density at radius 2 is 2.40 bits per heavy atom. The number of nitrogens with zero attached hydrogens (tertiary/aromatic N) is 1. The van der Waals surface area contributed by atoms with E-state index in [1.165, 1.54) is 6.92 Å². The first-order valence-corrected chi connectivity index (χ1v) is 3.27. The van der Waals surface area contributed by atoms with E-state index in [-0.39, 0.29) is 5.97 Å². The van der Waals surface area contributed by atoms with Gasteiger partial charge in [0.1, 0.15) is 6.07 Å². The third kappa shape index (κ3) is 3.90. The van der Waals surface area contributed by atoms with Crippen LogP contribution in [0.15, 0.2) is 0 Å². The van der Waals surface area contributed by atoms with Crippen LogP contribution in [0, 0.1) is 11.3 Å². The number of esters is 1. The van der Waals surface area contributed by atoms with Crippen LogP contribution < -0.4 is 0 Å². The molecule has 0 aromatic heterocycles. The second-order valence-electron chi connectivity index (χ2n) is 2.02. The summed E-state index contributed by atoms with van der Waals surface area (Å²) in [6.07, 6.45) is 0.921. The lowest BCUT2D eigenvalue weighted by Crippen LogP contribution is -2.13. The van der Waals surface area contributed by atoms with Crippen LogP contribution in [0.2, 0.25) is 0 Å². The van der Waals surface area contributed by atoms with E-state index in [2.05, 4.69) is 4.74 Å². The Balaban J connectivity index is 3.63. The van der Waals surface area contributed by atoms with Crippen molar-refractivity contribution in [1.82, 2.24) is 0 Å². The SMILES string of the molecule is CCCC(C#N)OC(C)=O. The first-order chi connectivity index (χ1) is 4.70. The Hall–Kier alpha value is -1.04. The molecule has 3 nitrogen and oxygen atoms in total. The minimum Gasteiger partial charge on any atom is -0.447 e. The molecule has 1 atom stereocenters. The van der Waals surface area contributed by atoms with Crippen molar-refractivity contribution < 1.29 is 9.53 Å². The predicted octanol–water partition coefficient (Wildman–Crippen LogP) is 1.24. The van der Waals surface area contributed by atoms with Crippen molar-refractivity contribution in [2.24, 2.45) is 0 Å². The second-order valence-corrected chi connectivity index (χ2v) is 2.02. The fraction of sp³-hybridized carbons (Fsp3) is 0.714. The molecule has 1 unspecified atom stereocenters. The lowest BCUT2D eigenvalue weighted by Gasteiger charge is -2.05. The van der Waals surface area contributed by atoms with E-state index in [1.807, 2.05) is 13.0 Å². The van der Waals surface area contributed by atoms with Crippen molar-refractivity contribution in [2.75, 3.05) is 0 Å².